The van der Waals surface area contributed by atoms with E-state index in [1.807, 2.05) is 19.1 Å². The predicted molar refractivity (Wildman–Crippen MR) is 68.3 cm³/mol. The summed E-state index contributed by atoms with van der Waals surface area (Å²) in [5.41, 5.74) is 10.1. The summed E-state index contributed by atoms with van der Waals surface area (Å²) in [6.45, 7) is 1.93. The van der Waals surface area contributed by atoms with Crippen molar-refractivity contribution in [3.63, 3.8) is 0 Å². The van der Waals surface area contributed by atoms with Gasteiger partial charge < -0.3 is 10.5 Å². The number of thiazole rings is 1. The number of hydrogen-bond donors (Lipinski definition) is 1. The highest BCUT2D eigenvalue weighted by Gasteiger charge is 2.13. The third kappa shape index (κ3) is 1.86. The second kappa shape index (κ2) is 4.31. The van der Waals surface area contributed by atoms with E-state index in [0.29, 0.717) is 10.0 Å². The molecule has 0 amide bonds. The normalized spacial score (nSPS) is 10.4. The summed E-state index contributed by atoms with van der Waals surface area (Å²) < 4.78 is 5.31. The molecule has 0 fully saturated rings. The zero-order valence-electron chi connectivity index (χ0n) is 8.95. The molecule has 0 aliphatic carbocycles. The van der Waals surface area contributed by atoms with Crippen molar-refractivity contribution in [2.45, 2.75) is 6.92 Å². The zero-order chi connectivity index (χ0) is 11.7. The molecule has 2 aromatic rings. The van der Waals surface area contributed by atoms with Gasteiger partial charge in [0.25, 0.3) is 0 Å². The minimum Gasteiger partial charge on any atom is -0.496 e. The molecule has 0 saturated heterocycles. The lowest BCUT2D eigenvalue weighted by atomic mass is 10.1. The lowest BCUT2D eigenvalue weighted by Crippen LogP contribution is -1.92. The SMILES string of the molecule is COc1cc(C)c(Cl)cc1-c1ncsc1N. The molecule has 16 heavy (non-hydrogen) atoms. The van der Waals surface area contributed by atoms with Crippen molar-refractivity contribution in [3.8, 4) is 17.0 Å². The number of aromatic nitrogens is 1. The highest BCUT2D eigenvalue weighted by atomic mass is 35.5. The number of benzene rings is 1. The molecule has 0 radical (unpaired) electrons. The van der Waals surface area contributed by atoms with E-state index in [-0.39, 0.29) is 0 Å². The fourth-order valence-electron chi connectivity index (χ4n) is 1.47. The van der Waals surface area contributed by atoms with Gasteiger partial charge in [0.15, 0.2) is 0 Å². The molecule has 2 N–H and O–H groups in total. The molecule has 2 rings (SSSR count). The Morgan fingerprint density at radius 2 is 2.19 bits per heavy atom. The molecule has 84 valence electrons. The van der Waals surface area contributed by atoms with Gasteiger partial charge in [0.2, 0.25) is 0 Å². The molecule has 0 aliphatic rings. The van der Waals surface area contributed by atoms with Crippen LogP contribution < -0.4 is 10.5 Å². The minimum absolute atomic E-state index is 0.665. The summed E-state index contributed by atoms with van der Waals surface area (Å²) in [6.07, 6.45) is 0. The molecule has 0 saturated carbocycles. The molecule has 3 nitrogen and oxygen atoms in total. The lowest BCUT2D eigenvalue weighted by molar-refractivity contribution is 0.416. The van der Waals surface area contributed by atoms with Crippen LogP contribution in [0.5, 0.6) is 5.75 Å². The smallest absolute Gasteiger partial charge is 0.128 e. The van der Waals surface area contributed by atoms with Gasteiger partial charge in [0, 0.05) is 10.6 Å². The van der Waals surface area contributed by atoms with Crippen LogP contribution >= 0.6 is 22.9 Å². The number of hydrogen-bond acceptors (Lipinski definition) is 4. The number of nitrogens with two attached hydrogens (primary N) is 1. The first kappa shape index (κ1) is 11.2. The molecule has 0 unspecified atom stereocenters. The van der Waals surface area contributed by atoms with Gasteiger partial charge in [-0.1, -0.05) is 11.6 Å². The van der Waals surface area contributed by atoms with E-state index in [9.17, 15) is 0 Å². The van der Waals surface area contributed by atoms with Crippen molar-refractivity contribution in [2.24, 2.45) is 0 Å². The maximum atomic E-state index is 6.09. The average molecular weight is 255 g/mol. The van der Waals surface area contributed by atoms with Gasteiger partial charge in [-0.2, -0.15) is 0 Å². The molecule has 1 aromatic carbocycles. The van der Waals surface area contributed by atoms with Gasteiger partial charge in [-0.3, -0.25) is 0 Å². The van der Waals surface area contributed by atoms with Crippen LogP contribution in [-0.4, -0.2) is 12.1 Å². The summed E-state index contributed by atoms with van der Waals surface area (Å²) in [4.78, 5) is 4.22. The Kier molecular flexibility index (Phi) is 3.03. The largest absolute Gasteiger partial charge is 0.496 e. The van der Waals surface area contributed by atoms with E-state index in [1.54, 1.807) is 12.6 Å². The first-order valence-corrected chi connectivity index (χ1v) is 5.92. The Bertz CT molecular complexity index is 525. The highest BCUT2D eigenvalue weighted by Crippen LogP contribution is 2.37. The van der Waals surface area contributed by atoms with Crippen molar-refractivity contribution >= 4 is 27.9 Å². The number of methoxy groups -OCH3 is 1. The van der Waals surface area contributed by atoms with Crippen LogP contribution in [0.25, 0.3) is 11.3 Å². The van der Waals surface area contributed by atoms with Gasteiger partial charge in [-0.15, -0.1) is 11.3 Å². The summed E-state index contributed by atoms with van der Waals surface area (Å²) in [5.74, 6) is 0.736. The van der Waals surface area contributed by atoms with Gasteiger partial charge >= 0.3 is 0 Å². The molecular weight excluding hydrogens is 244 g/mol. The van der Waals surface area contributed by atoms with E-state index in [1.165, 1.54) is 11.3 Å². The van der Waals surface area contributed by atoms with E-state index in [4.69, 9.17) is 22.1 Å². The predicted octanol–water partition coefficient (Wildman–Crippen LogP) is 3.36. The zero-order valence-corrected chi connectivity index (χ0v) is 10.5. The number of anilines is 1. The first-order chi connectivity index (χ1) is 7.63. The van der Waals surface area contributed by atoms with Gasteiger partial charge in [0.1, 0.15) is 16.4 Å². The standard InChI is InChI=1S/C11H11ClN2OS/c1-6-3-9(15-2)7(4-8(6)12)10-11(13)16-5-14-10/h3-5H,13H2,1-2H3. The van der Waals surface area contributed by atoms with Crippen molar-refractivity contribution in [2.75, 3.05) is 12.8 Å². The second-order valence-electron chi connectivity index (χ2n) is 3.37. The quantitative estimate of drug-likeness (QED) is 0.894. The molecule has 1 heterocycles. The number of nitrogen functional groups attached to an aromatic ring is 1. The van der Waals surface area contributed by atoms with Crippen LogP contribution in [-0.2, 0) is 0 Å². The van der Waals surface area contributed by atoms with Crippen LogP contribution in [0, 0.1) is 6.92 Å². The van der Waals surface area contributed by atoms with Crippen molar-refractivity contribution in [1.29, 1.82) is 0 Å². The Balaban J connectivity index is 2.64. The summed E-state index contributed by atoms with van der Waals surface area (Å²) in [6, 6.07) is 3.72. The van der Waals surface area contributed by atoms with Gasteiger partial charge in [-0.25, -0.2) is 4.98 Å². The Morgan fingerprint density at radius 3 is 2.75 bits per heavy atom. The summed E-state index contributed by atoms with van der Waals surface area (Å²) in [7, 11) is 1.62. The maximum absolute atomic E-state index is 6.09. The molecule has 0 spiro atoms. The number of ether oxygens (including phenoxy) is 1. The van der Waals surface area contributed by atoms with Crippen molar-refractivity contribution in [3.05, 3.63) is 28.2 Å². The van der Waals surface area contributed by atoms with E-state index in [2.05, 4.69) is 4.98 Å². The number of halogens is 1. The third-order valence-electron chi connectivity index (χ3n) is 2.33. The van der Waals surface area contributed by atoms with Crippen molar-refractivity contribution < 1.29 is 4.74 Å². The fourth-order valence-corrected chi connectivity index (χ4v) is 2.18. The van der Waals surface area contributed by atoms with Crippen LogP contribution in [0.4, 0.5) is 5.00 Å². The molecular formula is C11H11ClN2OS. The fraction of sp³-hybridized carbons (Fsp3) is 0.182. The third-order valence-corrected chi connectivity index (χ3v) is 3.40. The molecule has 1 aromatic heterocycles. The van der Waals surface area contributed by atoms with Crippen LogP contribution in [0.3, 0.4) is 0 Å². The average Bonchev–Trinajstić information content (AvgIpc) is 2.68. The van der Waals surface area contributed by atoms with E-state index in [0.717, 1.165) is 22.6 Å². The monoisotopic (exact) mass is 254 g/mol. The number of rotatable bonds is 2. The van der Waals surface area contributed by atoms with E-state index >= 15 is 0 Å². The Morgan fingerprint density at radius 1 is 1.44 bits per heavy atom. The van der Waals surface area contributed by atoms with Crippen LogP contribution in [0.2, 0.25) is 5.02 Å². The highest BCUT2D eigenvalue weighted by molar-refractivity contribution is 7.14. The summed E-state index contributed by atoms with van der Waals surface area (Å²) in [5, 5.41) is 1.35. The number of nitrogens with zero attached hydrogens (tertiary/aromatic N) is 1. The van der Waals surface area contributed by atoms with E-state index < -0.39 is 0 Å². The first-order valence-electron chi connectivity index (χ1n) is 4.67. The molecule has 5 heteroatoms. The van der Waals surface area contributed by atoms with Crippen LogP contribution in [0.1, 0.15) is 5.56 Å². The van der Waals surface area contributed by atoms with Gasteiger partial charge in [-0.05, 0) is 24.6 Å². The van der Waals surface area contributed by atoms with Crippen molar-refractivity contribution in [1.82, 2.24) is 4.98 Å². The topological polar surface area (TPSA) is 48.1 Å². The minimum atomic E-state index is 0.665. The molecule has 0 bridgehead atoms. The molecule has 0 aliphatic heterocycles. The van der Waals surface area contributed by atoms with Gasteiger partial charge in [0.05, 0.1) is 12.6 Å². The second-order valence-corrected chi connectivity index (χ2v) is 4.66. The number of aryl methyl sites for hydroxylation is 1. The Labute approximate surface area is 103 Å². The summed E-state index contributed by atoms with van der Waals surface area (Å²) >= 11 is 7.49. The maximum Gasteiger partial charge on any atom is 0.128 e. The Hall–Kier alpha value is -1.26. The lowest BCUT2D eigenvalue weighted by Gasteiger charge is -2.09. The van der Waals surface area contributed by atoms with Crippen LogP contribution in [0.15, 0.2) is 17.6 Å². The molecule has 0 atom stereocenters.